The normalized spacial score (nSPS) is 19.1. The van der Waals surface area contributed by atoms with Crippen LogP contribution >= 0.6 is 0 Å². The molecule has 4 N–H and O–H groups in total. The van der Waals surface area contributed by atoms with E-state index in [1.165, 1.54) is 5.70 Å². The number of hydrogen-bond acceptors (Lipinski definition) is 7. The minimum atomic E-state index is -1.60. The maximum absolute atomic E-state index is 10.9. The Balaban J connectivity index is 1.23. The Morgan fingerprint density at radius 1 is 0.618 bits per heavy atom. The van der Waals surface area contributed by atoms with E-state index in [0.717, 1.165) is 73.2 Å². The summed E-state index contributed by atoms with van der Waals surface area (Å²) in [5, 5.41) is 46.5. The van der Waals surface area contributed by atoms with E-state index in [2.05, 4.69) is 82.0 Å². The van der Waals surface area contributed by atoms with Crippen molar-refractivity contribution in [1.29, 1.82) is 0 Å². The SMILES string of the molecule is BC1=C(C2=CC=C(c3nc(-c4ccccc4)nc(-n4c5ccccc5c5ccc6c(c7ccccc7n6C6=CC=CCC6)c54)n3)CC2)C(O)C(O)C(O)=C1O. The Hall–Kier alpha value is -6.49. The van der Waals surface area contributed by atoms with Gasteiger partial charge in [-0.3, -0.25) is 4.57 Å². The van der Waals surface area contributed by atoms with Crippen LogP contribution in [0, 0.1) is 0 Å². The highest BCUT2D eigenvalue weighted by Crippen LogP contribution is 2.43. The van der Waals surface area contributed by atoms with Gasteiger partial charge in [-0.05, 0) is 72.2 Å². The fourth-order valence-corrected chi connectivity index (χ4v) is 8.59. The van der Waals surface area contributed by atoms with Crippen molar-refractivity contribution in [3.8, 4) is 17.3 Å². The molecule has 0 fully saturated rings. The van der Waals surface area contributed by atoms with Crippen LogP contribution in [0.2, 0.25) is 0 Å². The predicted molar refractivity (Wildman–Crippen MR) is 220 cm³/mol. The van der Waals surface area contributed by atoms with E-state index in [1.54, 1.807) is 7.85 Å². The van der Waals surface area contributed by atoms with Gasteiger partial charge in [0.1, 0.15) is 25.8 Å². The number of hydrogen-bond donors (Lipinski definition) is 4. The Morgan fingerprint density at radius 2 is 1.31 bits per heavy atom. The smallest absolute Gasteiger partial charge is 0.238 e. The number of para-hydroxylation sites is 2. The van der Waals surface area contributed by atoms with Crippen molar-refractivity contribution in [2.24, 2.45) is 0 Å². The molecule has 2 unspecified atom stereocenters. The fourth-order valence-electron chi connectivity index (χ4n) is 8.59. The molecule has 268 valence electrons. The second kappa shape index (κ2) is 12.8. The molecular formula is C45H36BN5O4. The largest absolute Gasteiger partial charge is 0.506 e. The van der Waals surface area contributed by atoms with Crippen molar-refractivity contribution in [3.05, 3.63) is 155 Å². The highest BCUT2D eigenvalue weighted by Gasteiger charge is 2.35. The average Bonchev–Trinajstić information content (AvgIpc) is 3.76. The van der Waals surface area contributed by atoms with Gasteiger partial charge >= 0.3 is 0 Å². The highest BCUT2D eigenvalue weighted by atomic mass is 16.4. The summed E-state index contributed by atoms with van der Waals surface area (Å²) < 4.78 is 4.59. The van der Waals surface area contributed by atoms with Gasteiger partial charge in [0.15, 0.2) is 17.4 Å². The van der Waals surface area contributed by atoms with Crippen molar-refractivity contribution < 1.29 is 20.4 Å². The molecule has 3 aliphatic rings. The zero-order valence-electron chi connectivity index (χ0n) is 30.1. The number of aliphatic hydroxyl groups excluding tert-OH is 4. The fraction of sp³-hybridized carbons (Fsp3) is 0.133. The first kappa shape index (κ1) is 33.1. The van der Waals surface area contributed by atoms with E-state index >= 15 is 0 Å². The predicted octanol–water partition coefficient (Wildman–Crippen LogP) is 7.99. The summed E-state index contributed by atoms with van der Waals surface area (Å²) >= 11 is 0. The molecule has 4 aromatic carbocycles. The third-order valence-electron chi connectivity index (χ3n) is 11.3. The average molecular weight is 722 g/mol. The van der Waals surface area contributed by atoms with Gasteiger partial charge < -0.3 is 25.0 Å². The Morgan fingerprint density at radius 3 is 2.05 bits per heavy atom. The topological polar surface area (TPSA) is 129 Å². The molecule has 2 atom stereocenters. The van der Waals surface area contributed by atoms with Gasteiger partial charge in [-0.15, -0.1) is 0 Å². The zero-order chi connectivity index (χ0) is 37.4. The van der Waals surface area contributed by atoms with Crippen molar-refractivity contribution in [1.82, 2.24) is 24.1 Å². The Kier molecular flexibility index (Phi) is 7.72. The molecule has 9 nitrogen and oxygen atoms in total. The van der Waals surface area contributed by atoms with Gasteiger partial charge in [0.25, 0.3) is 0 Å². The summed E-state index contributed by atoms with van der Waals surface area (Å²) in [4.78, 5) is 15.5. The van der Waals surface area contributed by atoms with Crippen LogP contribution in [0.25, 0.3) is 72.2 Å². The molecule has 0 amide bonds. The van der Waals surface area contributed by atoms with Gasteiger partial charge in [0.05, 0.1) is 22.1 Å². The molecule has 0 aliphatic heterocycles. The number of fused-ring (bicyclic) bond motifs is 7. The van der Waals surface area contributed by atoms with E-state index in [9.17, 15) is 20.4 Å². The lowest BCUT2D eigenvalue weighted by atomic mass is 9.75. The van der Waals surface area contributed by atoms with Gasteiger partial charge in [0, 0.05) is 32.8 Å². The first-order chi connectivity index (χ1) is 26.9. The van der Waals surface area contributed by atoms with Crippen LogP contribution in [0.1, 0.15) is 31.5 Å². The molecule has 0 saturated heterocycles. The summed E-state index contributed by atoms with van der Waals surface area (Å²) in [6.07, 6.45) is 10.4. The molecule has 10 heteroatoms. The van der Waals surface area contributed by atoms with Crippen LogP contribution in [-0.4, -0.2) is 64.6 Å². The molecule has 55 heavy (non-hydrogen) atoms. The van der Waals surface area contributed by atoms with Crippen molar-refractivity contribution in [2.45, 2.75) is 37.9 Å². The minimum absolute atomic E-state index is 0.336. The zero-order valence-corrected chi connectivity index (χ0v) is 30.1. The summed E-state index contributed by atoms with van der Waals surface area (Å²) in [6.45, 7) is 0. The van der Waals surface area contributed by atoms with E-state index in [1.807, 2.05) is 48.6 Å². The second-order valence-corrected chi connectivity index (χ2v) is 14.4. The number of aliphatic hydroxyl groups is 4. The molecule has 0 bridgehead atoms. The van der Waals surface area contributed by atoms with Crippen LogP contribution in [0.4, 0.5) is 0 Å². The molecule has 0 radical (unpaired) electrons. The number of allylic oxidation sites excluding steroid dienone is 8. The first-order valence-electron chi connectivity index (χ1n) is 18.6. The molecule has 0 saturated carbocycles. The lowest BCUT2D eigenvalue weighted by Gasteiger charge is -2.30. The molecule has 3 heterocycles. The monoisotopic (exact) mass is 721 g/mol. The van der Waals surface area contributed by atoms with Crippen LogP contribution < -0.4 is 0 Å². The number of rotatable bonds is 5. The lowest BCUT2D eigenvalue weighted by molar-refractivity contribution is 0.0305. The molecule has 10 rings (SSSR count). The Bertz CT molecular complexity index is 2950. The van der Waals surface area contributed by atoms with Gasteiger partial charge in [-0.25, -0.2) is 4.98 Å². The van der Waals surface area contributed by atoms with E-state index < -0.39 is 23.7 Å². The quantitative estimate of drug-likeness (QED) is 0.133. The maximum Gasteiger partial charge on any atom is 0.238 e. The maximum atomic E-state index is 10.9. The van der Waals surface area contributed by atoms with E-state index in [-0.39, 0.29) is 0 Å². The third kappa shape index (κ3) is 5.13. The van der Waals surface area contributed by atoms with Gasteiger partial charge in [-0.2, -0.15) is 9.97 Å². The number of benzene rings is 4. The van der Waals surface area contributed by atoms with E-state index in [4.69, 9.17) is 15.0 Å². The van der Waals surface area contributed by atoms with Crippen LogP contribution in [0.5, 0.6) is 0 Å². The van der Waals surface area contributed by atoms with Crippen LogP contribution in [0.3, 0.4) is 0 Å². The summed E-state index contributed by atoms with van der Waals surface area (Å²) in [6, 6.07) is 31.4. The van der Waals surface area contributed by atoms with Gasteiger partial charge in [0.2, 0.25) is 5.95 Å². The molecular weight excluding hydrogens is 685 g/mol. The highest BCUT2D eigenvalue weighted by molar-refractivity contribution is 6.26. The molecule has 3 aliphatic carbocycles. The minimum Gasteiger partial charge on any atom is -0.506 e. The number of aromatic nitrogens is 5. The van der Waals surface area contributed by atoms with Crippen molar-refractivity contribution in [3.63, 3.8) is 0 Å². The van der Waals surface area contributed by atoms with Crippen molar-refractivity contribution >= 4 is 62.7 Å². The number of nitrogens with zero attached hydrogens (tertiary/aromatic N) is 5. The Labute approximate surface area is 317 Å². The summed E-state index contributed by atoms with van der Waals surface area (Å²) in [5.74, 6) is 0.557. The third-order valence-corrected chi connectivity index (χ3v) is 11.3. The second-order valence-electron chi connectivity index (χ2n) is 14.4. The summed E-state index contributed by atoms with van der Waals surface area (Å²) in [7, 11) is 1.63. The first-order valence-corrected chi connectivity index (χ1v) is 18.6. The van der Waals surface area contributed by atoms with Crippen LogP contribution in [-0.2, 0) is 0 Å². The van der Waals surface area contributed by atoms with Gasteiger partial charge in [-0.1, -0.05) is 97.1 Å². The molecule has 0 spiro atoms. The standard InChI is InChI=1S/C45H36BN5O4/c46-37-35(39(52)41(54)42(55)40(37)53)25-19-21-27(22-20-25)44-47-43(26-11-3-1-4-12-26)48-45(49-44)51-32-17-9-7-15-29(32)30-23-24-34-36(38(30)51)31-16-8-10-18-33(31)50(34)28-13-5-2-6-14-28/h1-5,7-13,15-19,21,23-24,39,41,52-55H,6,14,20,22,46H2. The summed E-state index contributed by atoms with van der Waals surface area (Å²) in [5.41, 5.74) is 8.80. The molecule has 7 aromatic rings. The van der Waals surface area contributed by atoms with E-state index in [0.29, 0.717) is 41.5 Å². The lowest BCUT2D eigenvalue weighted by Crippen LogP contribution is -2.36. The van der Waals surface area contributed by atoms with Crippen LogP contribution in [0.15, 0.2) is 150 Å². The molecule has 3 aromatic heterocycles. The van der Waals surface area contributed by atoms with Crippen molar-refractivity contribution in [2.75, 3.05) is 0 Å².